The second-order valence-corrected chi connectivity index (χ2v) is 11.1. The highest BCUT2D eigenvalue weighted by atomic mass is 32.2. The number of nitrogens with two attached hydrogens (primary N) is 1. The molecule has 0 aliphatic carbocycles. The lowest BCUT2D eigenvalue weighted by Crippen LogP contribution is -2.45. The zero-order valence-electron chi connectivity index (χ0n) is 17.9. The summed E-state index contributed by atoms with van der Waals surface area (Å²) in [7, 11) is -3.35. The standard InChI is InChI=1S/C24H22FN3O3S2/c1-27-21-10-7-16(12-20(21)25)19-13-22(24(29)28-11-3-4-17(26)14-28)32-23(19)15-5-8-18(9-6-15)33(2,30)31/h5-10,12-13,17H,3-4,11,14,26H2,2H3/t17-/m1/s1. The molecule has 1 saturated heterocycles. The van der Waals surface area contributed by atoms with Crippen LogP contribution in [0.4, 0.5) is 10.1 Å². The van der Waals surface area contributed by atoms with Crippen molar-refractivity contribution in [2.24, 2.45) is 5.73 Å². The Bertz CT molecular complexity index is 1360. The summed E-state index contributed by atoms with van der Waals surface area (Å²) in [4.78, 5) is 19.5. The Morgan fingerprint density at radius 3 is 2.48 bits per heavy atom. The fourth-order valence-corrected chi connectivity index (χ4v) is 5.68. The van der Waals surface area contributed by atoms with Crippen LogP contribution in [0.2, 0.25) is 0 Å². The van der Waals surface area contributed by atoms with E-state index in [-0.39, 0.29) is 22.5 Å². The second-order valence-electron chi connectivity index (χ2n) is 8.08. The van der Waals surface area contributed by atoms with Crippen LogP contribution in [0.15, 0.2) is 53.4 Å². The van der Waals surface area contributed by atoms with Crippen molar-refractivity contribution in [2.45, 2.75) is 23.8 Å². The number of rotatable bonds is 4. The number of halogens is 1. The second kappa shape index (κ2) is 9.06. The number of nitrogens with zero attached hydrogens (tertiary/aromatic N) is 2. The summed E-state index contributed by atoms with van der Waals surface area (Å²) < 4.78 is 38.1. The van der Waals surface area contributed by atoms with Crippen molar-refractivity contribution in [2.75, 3.05) is 19.3 Å². The minimum Gasteiger partial charge on any atom is -0.336 e. The van der Waals surface area contributed by atoms with Crippen LogP contribution < -0.4 is 5.73 Å². The van der Waals surface area contributed by atoms with Gasteiger partial charge in [0, 0.05) is 35.8 Å². The number of carbonyl (C=O) groups excluding carboxylic acids is 1. The lowest BCUT2D eigenvalue weighted by molar-refractivity contribution is 0.0714. The van der Waals surface area contributed by atoms with Gasteiger partial charge in [-0.15, -0.1) is 11.3 Å². The average molecular weight is 484 g/mol. The molecule has 9 heteroatoms. The molecule has 2 heterocycles. The molecule has 2 N–H and O–H groups in total. The third-order valence-corrected chi connectivity index (χ3v) is 7.91. The molecule has 1 aromatic heterocycles. The lowest BCUT2D eigenvalue weighted by atomic mass is 10.0. The van der Waals surface area contributed by atoms with E-state index >= 15 is 0 Å². The van der Waals surface area contributed by atoms with Gasteiger partial charge in [0.2, 0.25) is 5.69 Å². The molecule has 170 valence electrons. The first-order valence-electron chi connectivity index (χ1n) is 10.3. The van der Waals surface area contributed by atoms with E-state index in [9.17, 15) is 17.6 Å². The molecule has 4 rings (SSSR count). The van der Waals surface area contributed by atoms with Crippen LogP contribution in [0.3, 0.4) is 0 Å². The van der Waals surface area contributed by atoms with E-state index in [1.807, 2.05) is 0 Å². The van der Waals surface area contributed by atoms with Gasteiger partial charge in [0.25, 0.3) is 5.91 Å². The number of benzene rings is 2. The Labute approximate surface area is 196 Å². The largest absolute Gasteiger partial charge is 0.336 e. The Hall–Kier alpha value is -3.06. The fourth-order valence-electron chi connectivity index (χ4n) is 3.89. The van der Waals surface area contributed by atoms with Crippen molar-refractivity contribution in [3.05, 3.63) is 70.6 Å². The smallest absolute Gasteiger partial charge is 0.264 e. The number of likely N-dealkylation sites (tertiary alicyclic amines) is 1. The molecule has 0 saturated carbocycles. The molecule has 1 fully saturated rings. The van der Waals surface area contributed by atoms with Crippen molar-refractivity contribution >= 4 is 32.8 Å². The summed E-state index contributed by atoms with van der Waals surface area (Å²) >= 11 is 1.28. The zero-order valence-corrected chi connectivity index (χ0v) is 19.5. The van der Waals surface area contributed by atoms with E-state index < -0.39 is 15.7 Å². The highest BCUT2D eigenvalue weighted by Gasteiger charge is 2.26. The maximum Gasteiger partial charge on any atom is 0.264 e. The summed E-state index contributed by atoms with van der Waals surface area (Å²) in [6.45, 7) is 8.19. The first-order chi connectivity index (χ1) is 15.7. The van der Waals surface area contributed by atoms with E-state index in [1.165, 1.54) is 35.6 Å². The average Bonchev–Trinajstić information content (AvgIpc) is 3.23. The van der Waals surface area contributed by atoms with Gasteiger partial charge in [0.1, 0.15) is 5.82 Å². The molecule has 6 nitrogen and oxygen atoms in total. The van der Waals surface area contributed by atoms with Gasteiger partial charge in [-0.1, -0.05) is 24.3 Å². The summed E-state index contributed by atoms with van der Waals surface area (Å²) in [5.74, 6) is -0.768. The number of carbonyl (C=O) groups is 1. The van der Waals surface area contributed by atoms with Crippen LogP contribution in [0, 0.1) is 12.4 Å². The van der Waals surface area contributed by atoms with Crippen LogP contribution in [0.5, 0.6) is 0 Å². The summed E-state index contributed by atoms with van der Waals surface area (Å²) in [6.07, 6.45) is 2.86. The Morgan fingerprint density at radius 1 is 1.18 bits per heavy atom. The van der Waals surface area contributed by atoms with Crippen LogP contribution in [-0.2, 0) is 9.84 Å². The zero-order chi connectivity index (χ0) is 23.8. The number of sulfone groups is 1. The number of thiophene rings is 1. The van der Waals surface area contributed by atoms with Crippen molar-refractivity contribution < 1.29 is 17.6 Å². The monoisotopic (exact) mass is 483 g/mol. The number of amides is 1. The van der Waals surface area contributed by atoms with Gasteiger partial charge >= 0.3 is 0 Å². The fraction of sp³-hybridized carbons (Fsp3) is 0.250. The molecular formula is C24H22FN3O3S2. The van der Waals surface area contributed by atoms with E-state index in [1.54, 1.807) is 29.2 Å². The molecule has 1 aliphatic rings. The third kappa shape index (κ3) is 4.83. The first kappa shape index (κ1) is 23.1. The molecule has 33 heavy (non-hydrogen) atoms. The Morgan fingerprint density at radius 2 is 1.88 bits per heavy atom. The van der Waals surface area contributed by atoms with Crippen LogP contribution in [0.1, 0.15) is 22.5 Å². The Balaban J connectivity index is 1.81. The van der Waals surface area contributed by atoms with Gasteiger partial charge in [-0.3, -0.25) is 4.79 Å². The van der Waals surface area contributed by atoms with Crippen LogP contribution >= 0.6 is 11.3 Å². The van der Waals surface area contributed by atoms with E-state index in [0.29, 0.717) is 34.7 Å². The quantitative estimate of drug-likeness (QED) is 0.544. The molecule has 1 amide bonds. The summed E-state index contributed by atoms with van der Waals surface area (Å²) in [5, 5.41) is 0. The number of hydrogen-bond acceptors (Lipinski definition) is 5. The van der Waals surface area contributed by atoms with Crippen molar-refractivity contribution in [3.8, 4) is 21.6 Å². The predicted octanol–water partition coefficient (Wildman–Crippen LogP) is 4.74. The molecule has 0 bridgehead atoms. The minimum absolute atomic E-state index is 0.0552. The molecule has 0 spiro atoms. The maximum absolute atomic E-state index is 14.4. The third-order valence-electron chi connectivity index (χ3n) is 5.61. The molecule has 0 radical (unpaired) electrons. The summed E-state index contributed by atoms with van der Waals surface area (Å²) in [6, 6.07) is 12.4. The molecule has 0 unspecified atom stereocenters. The van der Waals surface area contributed by atoms with Crippen molar-refractivity contribution in [1.29, 1.82) is 0 Å². The highest BCUT2D eigenvalue weighted by molar-refractivity contribution is 7.90. The van der Waals surface area contributed by atoms with Gasteiger partial charge in [0.15, 0.2) is 9.84 Å². The van der Waals surface area contributed by atoms with Gasteiger partial charge < -0.3 is 10.6 Å². The Kier molecular flexibility index (Phi) is 6.34. The highest BCUT2D eigenvalue weighted by Crippen LogP contribution is 2.41. The van der Waals surface area contributed by atoms with Crippen molar-refractivity contribution in [1.82, 2.24) is 4.90 Å². The molecular weight excluding hydrogens is 461 g/mol. The predicted molar refractivity (Wildman–Crippen MR) is 128 cm³/mol. The minimum atomic E-state index is -3.35. The van der Waals surface area contributed by atoms with Gasteiger partial charge in [-0.05, 0) is 48.2 Å². The first-order valence-corrected chi connectivity index (χ1v) is 13.0. The molecule has 1 aliphatic heterocycles. The molecule has 1 atom stereocenters. The lowest BCUT2D eigenvalue weighted by Gasteiger charge is -2.30. The van der Waals surface area contributed by atoms with E-state index in [2.05, 4.69) is 4.85 Å². The molecule has 2 aromatic carbocycles. The normalized spacial score (nSPS) is 16.4. The van der Waals surface area contributed by atoms with Gasteiger partial charge in [-0.25, -0.2) is 17.7 Å². The number of hydrogen-bond donors (Lipinski definition) is 1. The summed E-state index contributed by atoms with van der Waals surface area (Å²) in [5.41, 5.74) is 7.86. The van der Waals surface area contributed by atoms with E-state index in [4.69, 9.17) is 12.3 Å². The topological polar surface area (TPSA) is 84.8 Å². The van der Waals surface area contributed by atoms with Crippen LogP contribution in [0.25, 0.3) is 26.4 Å². The molecule has 3 aromatic rings. The SMILES string of the molecule is [C-]#[N+]c1ccc(-c2cc(C(=O)N3CCC[C@@H](N)C3)sc2-c2ccc(S(C)(=O)=O)cc2)cc1F. The maximum atomic E-state index is 14.4. The number of piperidine rings is 1. The van der Waals surface area contributed by atoms with E-state index in [0.717, 1.165) is 24.0 Å². The van der Waals surface area contributed by atoms with Crippen molar-refractivity contribution in [3.63, 3.8) is 0 Å². The van der Waals surface area contributed by atoms with Gasteiger partial charge in [0.05, 0.1) is 16.3 Å². The van der Waals surface area contributed by atoms with Gasteiger partial charge in [-0.2, -0.15) is 0 Å². The van der Waals surface area contributed by atoms with Crippen LogP contribution in [-0.4, -0.2) is 44.6 Å².